The molecular formula is C14H14N2O2. The number of hydrogen-bond acceptors (Lipinski definition) is 4. The second-order valence-corrected chi connectivity index (χ2v) is 4.22. The summed E-state index contributed by atoms with van der Waals surface area (Å²) in [6.07, 6.45) is 1.70. The molecule has 0 saturated heterocycles. The SMILES string of the molecule is CNC(C)c1ncc(-c2cc3ccccc3o2)o1. The van der Waals surface area contributed by atoms with Gasteiger partial charge in [-0.3, -0.25) is 0 Å². The topological polar surface area (TPSA) is 51.2 Å². The summed E-state index contributed by atoms with van der Waals surface area (Å²) in [5.74, 6) is 2.02. The van der Waals surface area contributed by atoms with Crippen LogP contribution in [0.2, 0.25) is 0 Å². The lowest BCUT2D eigenvalue weighted by atomic mass is 10.2. The Labute approximate surface area is 105 Å². The average molecular weight is 242 g/mol. The summed E-state index contributed by atoms with van der Waals surface area (Å²) in [6.45, 7) is 1.99. The van der Waals surface area contributed by atoms with Crippen LogP contribution in [0.3, 0.4) is 0 Å². The molecule has 0 aliphatic rings. The molecule has 0 spiro atoms. The van der Waals surface area contributed by atoms with E-state index < -0.39 is 0 Å². The molecule has 3 aromatic rings. The Hall–Kier alpha value is -2.07. The maximum Gasteiger partial charge on any atom is 0.211 e. The van der Waals surface area contributed by atoms with Crippen molar-refractivity contribution in [3.63, 3.8) is 0 Å². The van der Waals surface area contributed by atoms with Gasteiger partial charge in [0.15, 0.2) is 11.5 Å². The summed E-state index contributed by atoms with van der Waals surface area (Å²) in [7, 11) is 1.87. The molecule has 1 unspecified atom stereocenters. The Kier molecular flexibility index (Phi) is 2.64. The molecule has 0 bridgehead atoms. The molecule has 0 fully saturated rings. The summed E-state index contributed by atoms with van der Waals surface area (Å²) < 4.78 is 11.4. The first-order valence-corrected chi connectivity index (χ1v) is 5.90. The van der Waals surface area contributed by atoms with Crippen LogP contribution in [0, 0.1) is 0 Å². The van der Waals surface area contributed by atoms with E-state index in [1.165, 1.54) is 0 Å². The predicted octanol–water partition coefficient (Wildman–Crippen LogP) is 3.37. The van der Waals surface area contributed by atoms with Crippen LogP contribution in [-0.4, -0.2) is 12.0 Å². The van der Waals surface area contributed by atoms with E-state index in [4.69, 9.17) is 8.83 Å². The lowest BCUT2D eigenvalue weighted by molar-refractivity contribution is 0.433. The zero-order valence-corrected chi connectivity index (χ0v) is 10.3. The minimum Gasteiger partial charge on any atom is -0.453 e. The van der Waals surface area contributed by atoms with Crippen LogP contribution in [0.25, 0.3) is 22.5 Å². The number of fused-ring (bicyclic) bond motifs is 1. The monoisotopic (exact) mass is 242 g/mol. The van der Waals surface area contributed by atoms with Crippen LogP contribution in [0.15, 0.2) is 45.4 Å². The van der Waals surface area contributed by atoms with Crippen molar-refractivity contribution < 1.29 is 8.83 Å². The first kappa shape index (κ1) is 11.0. The molecule has 1 N–H and O–H groups in total. The number of nitrogens with one attached hydrogen (secondary N) is 1. The quantitative estimate of drug-likeness (QED) is 0.765. The molecule has 1 aromatic carbocycles. The Morgan fingerprint density at radius 3 is 2.78 bits per heavy atom. The molecule has 0 saturated carbocycles. The lowest BCUT2D eigenvalue weighted by Gasteiger charge is -2.02. The maximum atomic E-state index is 5.73. The van der Waals surface area contributed by atoms with E-state index in [2.05, 4.69) is 10.3 Å². The maximum absolute atomic E-state index is 5.73. The highest BCUT2D eigenvalue weighted by Crippen LogP contribution is 2.29. The van der Waals surface area contributed by atoms with E-state index in [1.807, 2.05) is 44.3 Å². The first-order chi connectivity index (χ1) is 8.78. The van der Waals surface area contributed by atoms with E-state index in [0.717, 1.165) is 11.0 Å². The number of nitrogens with zero attached hydrogens (tertiary/aromatic N) is 1. The number of para-hydroxylation sites is 1. The fourth-order valence-electron chi connectivity index (χ4n) is 1.83. The minimum absolute atomic E-state index is 0.0862. The molecule has 92 valence electrons. The van der Waals surface area contributed by atoms with Crippen molar-refractivity contribution in [1.29, 1.82) is 0 Å². The standard InChI is InChI=1S/C14H14N2O2/c1-9(15-2)14-16-8-13(18-14)12-7-10-5-3-4-6-11(10)17-12/h3-9,15H,1-2H3. The Morgan fingerprint density at radius 1 is 1.17 bits per heavy atom. The third kappa shape index (κ3) is 1.80. The summed E-state index contributed by atoms with van der Waals surface area (Å²) >= 11 is 0. The van der Waals surface area contributed by atoms with Gasteiger partial charge >= 0.3 is 0 Å². The lowest BCUT2D eigenvalue weighted by Crippen LogP contribution is -2.12. The van der Waals surface area contributed by atoms with Gasteiger partial charge in [0.05, 0.1) is 12.2 Å². The van der Waals surface area contributed by atoms with E-state index in [9.17, 15) is 0 Å². The van der Waals surface area contributed by atoms with Gasteiger partial charge in [-0.15, -0.1) is 0 Å². The Morgan fingerprint density at radius 2 is 2.00 bits per heavy atom. The smallest absolute Gasteiger partial charge is 0.211 e. The highest BCUT2D eigenvalue weighted by molar-refractivity contribution is 5.81. The third-order valence-corrected chi connectivity index (χ3v) is 3.00. The molecule has 4 heteroatoms. The van der Waals surface area contributed by atoms with Crippen molar-refractivity contribution in [2.24, 2.45) is 0 Å². The zero-order chi connectivity index (χ0) is 12.5. The van der Waals surface area contributed by atoms with Crippen LogP contribution in [0.1, 0.15) is 18.9 Å². The van der Waals surface area contributed by atoms with Crippen LogP contribution < -0.4 is 5.32 Å². The van der Waals surface area contributed by atoms with Gasteiger partial charge < -0.3 is 14.2 Å². The van der Waals surface area contributed by atoms with Crippen molar-refractivity contribution in [1.82, 2.24) is 10.3 Å². The summed E-state index contributed by atoms with van der Waals surface area (Å²) in [5.41, 5.74) is 0.854. The van der Waals surface area contributed by atoms with E-state index >= 15 is 0 Å². The highest BCUT2D eigenvalue weighted by Gasteiger charge is 2.14. The molecule has 0 aliphatic heterocycles. The molecule has 18 heavy (non-hydrogen) atoms. The molecule has 4 nitrogen and oxygen atoms in total. The molecule has 0 amide bonds. The first-order valence-electron chi connectivity index (χ1n) is 5.90. The highest BCUT2D eigenvalue weighted by atomic mass is 16.4. The van der Waals surface area contributed by atoms with Crippen molar-refractivity contribution in [2.75, 3.05) is 7.05 Å². The predicted molar refractivity (Wildman–Crippen MR) is 69.2 cm³/mol. The van der Waals surface area contributed by atoms with Crippen LogP contribution in [0.4, 0.5) is 0 Å². The number of benzene rings is 1. The summed E-state index contributed by atoms with van der Waals surface area (Å²) in [4.78, 5) is 4.24. The number of oxazole rings is 1. The van der Waals surface area contributed by atoms with Crippen LogP contribution >= 0.6 is 0 Å². The number of rotatable bonds is 3. The molecule has 3 rings (SSSR count). The van der Waals surface area contributed by atoms with Gasteiger partial charge in [-0.25, -0.2) is 4.98 Å². The summed E-state index contributed by atoms with van der Waals surface area (Å²) in [5, 5.41) is 4.15. The third-order valence-electron chi connectivity index (χ3n) is 3.00. The fraction of sp³-hybridized carbons (Fsp3) is 0.214. The molecule has 2 heterocycles. The molecule has 1 atom stereocenters. The van der Waals surface area contributed by atoms with Crippen LogP contribution in [0.5, 0.6) is 0 Å². The minimum atomic E-state index is 0.0862. The number of furan rings is 1. The van der Waals surface area contributed by atoms with Crippen LogP contribution in [-0.2, 0) is 0 Å². The normalized spacial score (nSPS) is 13.0. The van der Waals surface area contributed by atoms with Crippen molar-refractivity contribution in [2.45, 2.75) is 13.0 Å². The second-order valence-electron chi connectivity index (χ2n) is 4.22. The van der Waals surface area contributed by atoms with Gasteiger partial charge in [0.1, 0.15) is 5.58 Å². The molecule has 0 radical (unpaired) electrons. The average Bonchev–Trinajstić information content (AvgIpc) is 3.03. The number of hydrogen-bond donors (Lipinski definition) is 1. The largest absolute Gasteiger partial charge is 0.453 e. The summed E-state index contributed by atoms with van der Waals surface area (Å²) in [6, 6.07) is 9.93. The van der Waals surface area contributed by atoms with Gasteiger partial charge in [-0.05, 0) is 26.1 Å². The van der Waals surface area contributed by atoms with Crippen molar-refractivity contribution in [3.05, 3.63) is 42.4 Å². The fourth-order valence-corrected chi connectivity index (χ4v) is 1.83. The van der Waals surface area contributed by atoms with E-state index in [1.54, 1.807) is 6.20 Å². The van der Waals surface area contributed by atoms with Gasteiger partial charge in [0.2, 0.25) is 5.89 Å². The van der Waals surface area contributed by atoms with Gasteiger partial charge in [-0.1, -0.05) is 18.2 Å². The van der Waals surface area contributed by atoms with E-state index in [-0.39, 0.29) is 6.04 Å². The van der Waals surface area contributed by atoms with E-state index in [0.29, 0.717) is 17.4 Å². The Bertz CT molecular complexity index is 636. The number of aromatic nitrogens is 1. The Balaban J connectivity index is 2.01. The van der Waals surface area contributed by atoms with Crippen molar-refractivity contribution in [3.8, 4) is 11.5 Å². The molecule has 0 aliphatic carbocycles. The second kappa shape index (κ2) is 4.31. The van der Waals surface area contributed by atoms with Gasteiger partial charge in [-0.2, -0.15) is 0 Å². The van der Waals surface area contributed by atoms with Gasteiger partial charge in [0.25, 0.3) is 0 Å². The van der Waals surface area contributed by atoms with Crippen molar-refractivity contribution >= 4 is 11.0 Å². The molecule has 2 aromatic heterocycles. The van der Waals surface area contributed by atoms with Gasteiger partial charge in [0, 0.05) is 5.39 Å². The zero-order valence-electron chi connectivity index (χ0n) is 10.3. The molecular weight excluding hydrogens is 228 g/mol.